The number of benzene rings is 1. The predicted molar refractivity (Wildman–Crippen MR) is 92.8 cm³/mol. The van der Waals surface area contributed by atoms with E-state index in [0.29, 0.717) is 10.0 Å². The molecule has 2 nitrogen and oxygen atoms in total. The number of hydrogen-bond donors (Lipinski definition) is 1. The number of rotatable bonds is 6. The van der Waals surface area contributed by atoms with Crippen LogP contribution >= 0.6 is 34.5 Å². The molecule has 0 spiro atoms. The summed E-state index contributed by atoms with van der Waals surface area (Å²) in [5, 5.41) is 6.08. The number of halogens is 2. The molecule has 1 heterocycles. The maximum absolute atomic E-state index is 6.36. The molecule has 0 aliphatic rings. The van der Waals surface area contributed by atoms with Crippen molar-refractivity contribution in [3.05, 3.63) is 49.4 Å². The zero-order chi connectivity index (χ0) is 15.4. The largest absolute Gasteiger partial charge is 0.310 e. The van der Waals surface area contributed by atoms with Crippen LogP contribution in [0.4, 0.5) is 0 Å². The van der Waals surface area contributed by atoms with E-state index in [0.717, 1.165) is 35.7 Å². The fourth-order valence-electron chi connectivity index (χ4n) is 2.20. The highest BCUT2D eigenvalue weighted by molar-refractivity contribution is 7.11. The number of aryl methyl sites for hydroxylation is 2. The molecule has 1 aromatic carbocycles. The van der Waals surface area contributed by atoms with Crippen LogP contribution in [-0.2, 0) is 6.42 Å². The van der Waals surface area contributed by atoms with E-state index in [4.69, 9.17) is 23.2 Å². The van der Waals surface area contributed by atoms with Crippen LogP contribution in [0.3, 0.4) is 0 Å². The molecule has 1 aromatic heterocycles. The third-order valence-electron chi connectivity index (χ3n) is 3.43. The van der Waals surface area contributed by atoms with Gasteiger partial charge in [0.05, 0.1) is 10.7 Å². The van der Waals surface area contributed by atoms with Crippen molar-refractivity contribution in [3.8, 4) is 0 Å². The predicted octanol–water partition coefficient (Wildman–Crippen LogP) is 5.35. The van der Waals surface area contributed by atoms with Gasteiger partial charge in [0.2, 0.25) is 0 Å². The van der Waals surface area contributed by atoms with Gasteiger partial charge in [0.1, 0.15) is 0 Å². The molecular weight excluding hydrogens is 323 g/mol. The van der Waals surface area contributed by atoms with Gasteiger partial charge in [-0.05, 0) is 44.5 Å². The van der Waals surface area contributed by atoms with Crippen molar-refractivity contribution < 1.29 is 0 Å². The number of nitrogens with one attached hydrogen (secondary N) is 1. The lowest BCUT2D eigenvalue weighted by Gasteiger charge is -2.19. The average molecular weight is 343 g/mol. The average Bonchev–Trinajstić information content (AvgIpc) is 2.74. The lowest BCUT2D eigenvalue weighted by molar-refractivity contribution is 0.528. The van der Waals surface area contributed by atoms with Gasteiger partial charge >= 0.3 is 0 Å². The summed E-state index contributed by atoms with van der Waals surface area (Å²) < 4.78 is 0. The molecule has 0 saturated carbocycles. The second-order valence-corrected chi connectivity index (χ2v) is 7.26. The Morgan fingerprint density at radius 1 is 1.29 bits per heavy atom. The van der Waals surface area contributed by atoms with Gasteiger partial charge in [-0.1, -0.05) is 36.2 Å². The maximum Gasteiger partial charge on any atom is 0.0949 e. The van der Waals surface area contributed by atoms with Crippen LogP contribution in [0.1, 0.15) is 40.5 Å². The molecule has 0 amide bonds. The van der Waals surface area contributed by atoms with Crippen LogP contribution in [0.5, 0.6) is 0 Å². The molecule has 1 unspecified atom stereocenters. The van der Waals surface area contributed by atoms with Crippen LogP contribution in [-0.4, -0.2) is 11.5 Å². The quantitative estimate of drug-likeness (QED) is 0.765. The van der Waals surface area contributed by atoms with E-state index in [1.54, 1.807) is 17.4 Å². The lowest BCUT2D eigenvalue weighted by atomic mass is 10.0. The number of aromatic nitrogens is 1. The van der Waals surface area contributed by atoms with E-state index in [1.807, 2.05) is 12.1 Å². The van der Waals surface area contributed by atoms with Crippen molar-refractivity contribution in [2.75, 3.05) is 6.54 Å². The number of hydrogen-bond acceptors (Lipinski definition) is 3. The van der Waals surface area contributed by atoms with Gasteiger partial charge in [-0.25, -0.2) is 4.98 Å². The molecule has 1 N–H and O–H groups in total. The summed E-state index contributed by atoms with van der Waals surface area (Å²) in [5.74, 6) is 0. The van der Waals surface area contributed by atoms with Gasteiger partial charge in [-0.15, -0.1) is 11.3 Å². The highest BCUT2D eigenvalue weighted by Gasteiger charge is 2.17. The Morgan fingerprint density at radius 2 is 2.05 bits per heavy atom. The molecule has 114 valence electrons. The topological polar surface area (TPSA) is 24.9 Å². The molecule has 0 bridgehead atoms. The fourth-order valence-corrected chi connectivity index (χ4v) is 3.72. The first-order chi connectivity index (χ1) is 10.0. The van der Waals surface area contributed by atoms with Crippen LogP contribution in [0.2, 0.25) is 10.0 Å². The van der Waals surface area contributed by atoms with E-state index in [9.17, 15) is 0 Å². The summed E-state index contributed by atoms with van der Waals surface area (Å²) in [5.41, 5.74) is 2.20. The van der Waals surface area contributed by atoms with Gasteiger partial charge in [0, 0.05) is 27.4 Å². The van der Waals surface area contributed by atoms with Crippen molar-refractivity contribution in [1.29, 1.82) is 0 Å². The highest BCUT2D eigenvalue weighted by atomic mass is 35.5. The molecule has 0 aliphatic carbocycles. The summed E-state index contributed by atoms with van der Waals surface area (Å²) in [6.07, 6.45) is 1.93. The Labute approximate surface area is 140 Å². The second-order valence-electron chi connectivity index (χ2n) is 5.13. The van der Waals surface area contributed by atoms with Gasteiger partial charge in [0.15, 0.2) is 0 Å². The Bertz CT molecular complexity index is 591. The van der Waals surface area contributed by atoms with E-state index in [1.165, 1.54) is 4.88 Å². The minimum Gasteiger partial charge on any atom is -0.310 e. The minimum atomic E-state index is 0.166. The fraction of sp³-hybridized carbons (Fsp3) is 0.438. The summed E-state index contributed by atoms with van der Waals surface area (Å²) in [4.78, 5) is 5.92. The molecule has 21 heavy (non-hydrogen) atoms. The van der Waals surface area contributed by atoms with Gasteiger partial charge in [-0.3, -0.25) is 0 Å². The van der Waals surface area contributed by atoms with E-state index >= 15 is 0 Å². The molecule has 0 aliphatic heterocycles. The lowest BCUT2D eigenvalue weighted by Crippen LogP contribution is -2.24. The van der Waals surface area contributed by atoms with Crippen molar-refractivity contribution in [2.24, 2.45) is 0 Å². The Hall–Kier alpha value is -0.610. The van der Waals surface area contributed by atoms with Crippen molar-refractivity contribution in [2.45, 2.75) is 39.7 Å². The zero-order valence-electron chi connectivity index (χ0n) is 12.5. The molecule has 0 fully saturated rings. The summed E-state index contributed by atoms with van der Waals surface area (Å²) in [7, 11) is 0. The maximum atomic E-state index is 6.36. The van der Waals surface area contributed by atoms with E-state index < -0.39 is 0 Å². The molecule has 2 rings (SSSR count). The highest BCUT2D eigenvalue weighted by Crippen LogP contribution is 2.30. The van der Waals surface area contributed by atoms with Gasteiger partial charge < -0.3 is 5.32 Å². The SMILES string of the molecule is CCCNC(Cc1nc(C)c(C)s1)c1ccc(Cl)cc1Cl. The first-order valence-electron chi connectivity index (χ1n) is 7.12. The second kappa shape index (κ2) is 7.59. The van der Waals surface area contributed by atoms with Gasteiger partial charge in [0.25, 0.3) is 0 Å². The monoisotopic (exact) mass is 342 g/mol. The van der Waals surface area contributed by atoms with Crippen LogP contribution in [0.15, 0.2) is 18.2 Å². The molecular formula is C16H20Cl2N2S. The van der Waals surface area contributed by atoms with Gasteiger partial charge in [-0.2, -0.15) is 0 Å². The first kappa shape index (κ1) is 16.8. The third-order valence-corrected chi connectivity index (χ3v) is 5.09. The number of thiazole rings is 1. The molecule has 2 aromatic rings. The van der Waals surface area contributed by atoms with Crippen LogP contribution < -0.4 is 5.32 Å². The normalized spacial score (nSPS) is 12.6. The van der Waals surface area contributed by atoms with Crippen molar-refractivity contribution in [1.82, 2.24) is 10.3 Å². The summed E-state index contributed by atoms with van der Waals surface area (Å²) >= 11 is 14.1. The number of nitrogens with zero attached hydrogens (tertiary/aromatic N) is 1. The van der Waals surface area contributed by atoms with Crippen LogP contribution in [0, 0.1) is 13.8 Å². The van der Waals surface area contributed by atoms with Crippen LogP contribution in [0.25, 0.3) is 0 Å². The smallest absolute Gasteiger partial charge is 0.0949 e. The molecule has 1 atom stereocenters. The Kier molecular flexibility index (Phi) is 6.06. The molecule has 0 radical (unpaired) electrons. The molecule has 5 heteroatoms. The van der Waals surface area contributed by atoms with E-state index in [2.05, 4.69) is 31.1 Å². The summed E-state index contributed by atoms with van der Waals surface area (Å²) in [6, 6.07) is 5.87. The van der Waals surface area contributed by atoms with Crippen molar-refractivity contribution in [3.63, 3.8) is 0 Å². The van der Waals surface area contributed by atoms with E-state index in [-0.39, 0.29) is 6.04 Å². The summed E-state index contributed by atoms with van der Waals surface area (Å²) in [6.45, 7) is 7.28. The Balaban J connectivity index is 2.24. The third kappa shape index (κ3) is 4.43. The Morgan fingerprint density at radius 3 is 2.62 bits per heavy atom. The van der Waals surface area contributed by atoms with Crippen molar-refractivity contribution >= 4 is 34.5 Å². The molecule has 0 saturated heterocycles. The zero-order valence-corrected chi connectivity index (χ0v) is 14.9. The minimum absolute atomic E-state index is 0.166. The first-order valence-corrected chi connectivity index (χ1v) is 8.69. The standard InChI is InChI=1S/C16H20Cl2N2S/c1-4-7-19-15(9-16-20-10(2)11(3)21-16)13-6-5-12(17)8-14(13)18/h5-6,8,15,19H,4,7,9H2,1-3H3.